The first-order valence-corrected chi connectivity index (χ1v) is 6.45. The standard InChI is InChI=1S/C10H11F2NO3S/c11-8-1-2-9(12)10(3-8)17(15,16)13-4-7(5-13)6-14/h1-3,7,14H,4-6H2. The van der Waals surface area contributed by atoms with Crippen LogP contribution in [-0.4, -0.2) is 37.5 Å². The van der Waals surface area contributed by atoms with Gasteiger partial charge in [0.1, 0.15) is 16.5 Å². The summed E-state index contributed by atoms with van der Waals surface area (Å²) in [5.41, 5.74) is 0. The van der Waals surface area contributed by atoms with Gasteiger partial charge in [0, 0.05) is 25.6 Å². The predicted octanol–water partition coefficient (Wildman–Crippen LogP) is 0.578. The van der Waals surface area contributed by atoms with Gasteiger partial charge >= 0.3 is 0 Å². The molecule has 1 aliphatic rings. The lowest BCUT2D eigenvalue weighted by Crippen LogP contribution is -2.51. The van der Waals surface area contributed by atoms with Gasteiger partial charge in [-0.15, -0.1) is 0 Å². The summed E-state index contributed by atoms with van der Waals surface area (Å²) in [6, 6.07) is 2.31. The lowest BCUT2D eigenvalue weighted by Gasteiger charge is -2.36. The van der Waals surface area contributed by atoms with Crippen LogP contribution in [0.15, 0.2) is 23.1 Å². The first kappa shape index (κ1) is 12.4. The smallest absolute Gasteiger partial charge is 0.246 e. The molecule has 17 heavy (non-hydrogen) atoms. The summed E-state index contributed by atoms with van der Waals surface area (Å²) in [4.78, 5) is -0.658. The summed E-state index contributed by atoms with van der Waals surface area (Å²) in [6.07, 6.45) is 0. The number of rotatable bonds is 3. The molecule has 0 aromatic heterocycles. The number of nitrogens with zero attached hydrogens (tertiary/aromatic N) is 1. The third kappa shape index (κ3) is 2.18. The maximum Gasteiger partial charge on any atom is 0.246 e. The van der Waals surface area contributed by atoms with Crippen molar-refractivity contribution in [2.24, 2.45) is 5.92 Å². The fourth-order valence-corrected chi connectivity index (χ4v) is 3.32. The van der Waals surface area contributed by atoms with E-state index in [1.807, 2.05) is 0 Å². The molecule has 94 valence electrons. The van der Waals surface area contributed by atoms with Crippen molar-refractivity contribution in [3.63, 3.8) is 0 Å². The van der Waals surface area contributed by atoms with Crippen LogP contribution in [0, 0.1) is 17.6 Å². The molecule has 4 nitrogen and oxygen atoms in total. The van der Waals surface area contributed by atoms with Crippen molar-refractivity contribution in [3.05, 3.63) is 29.8 Å². The minimum Gasteiger partial charge on any atom is -0.396 e. The van der Waals surface area contributed by atoms with Crippen LogP contribution < -0.4 is 0 Å². The predicted molar refractivity (Wildman–Crippen MR) is 55.7 cm³/mol. The van der Waals surface area contributed by atoms with Crippen LogP contribution in [0.3, 0.4) is 0 Å². The summed E-state index contributed by atoms with van der Waals surface area (Å²) in [6.45, 7) is 0.154. The van der Waals surface area contributed by atoms with Crippen molar-refractivity contribution in [1.29, 1.82) is 0 Å². The number of hydrogen-bond donors (Lipinski definition) is 1. The fourth-order valence-electron chi connectivity index (χ4n) is 1.65. The molecule has 0 aliphatic carbocycles. The van der Waals surface area contributed by atoms with Crippen LogP contribution >= 0.6 is 0 Å². The van der Waals surface area contributed by atoms with Crippen molar-refractivity contribution in [3.8, 4) is 0 Å². The molecule has 0 unspecified atom stereocenters. The monoisotopic (exact) mass is 263 g/mol. The van der Waals surface area contributed by atoms with Crippen LogP contribution in [0.4, 0.5) is 8.78 Å². The number of aliphatic hydroxyl groups excluding tert-OH is 1. The number of sulfonamides is 1. The highest BCUT2D eigenvalue weighted by atomic mass is 32.2. The largest absolute Gasteiger partial charge is 0.396 e. The Bertz CT molecular complexity index is 526. The minimum absolute atomic E-state index is 0.113. The first-order valence-electron chi connectivity index (χ1n) is 5.01. The molecule has 0 radical (unpaired) electrons. The van der Waals surface area contributed by atoms with Gasteiger partial charge in [0.2, 0.25) is 10.0 Å². The number of halogens is 2. The topological polar surface area (TPSA) is 57.6 Å². The third-order valence-electron chi connectivity index (χ3n) is 2.69. The number of hydrogen-bond acceptors (Lipinski definition) is 3. The van der Waals surface area contributed by atoms with E-state index in [9.17, 15) is 17.2 Å². The Morgan fingerprint density at radius 1 is 1.35 bits per heavy atom. The van der Waals surface area contributed by atoms with E-state index >= 15 is 0 Å². The molecule has 0 spiro atoms. The highest BCUT2D eigenvalue weighted by Gasteiger charge is 2.37. The van der Waals surface area contributed by atoms with E-state index in [4.69, 9.17) is 5.11 Å². The SMILES string of the molecule is O=S(=O)(c1cc(F)ccc1F)N1CC(CO)C1. The van der Waals surface area contributed by atoms with Crippen LogP contribution in [0.5, 0.6) is 0 Å². The van der Waals surface area contributed by atoms with Gasteiger partial charge in [-0.3, -0.25) is 0 Å². The van der Waals surface area contributed by atoms with E-state index in [1.54, 1.807) is 0 Å². The Kier molecular flexibility index (Phi) is 3.15. The molecule has 2 rings (SSSR count). The number of benzene rings is 1. The molecule has 1 heterocycles. The third-order valence-corrected chi connectivity index (χ3v) is 4.54. The zero-order valence-electron chi connectivity index (χ0n) is 8.81. The molecule has 1 aromatic carbocycles. The number of aliphatic hydroxyl groups is 1. The van der Waals surface area contributed by atoms with Crippen LogP contribution in [0.1, 0.15) is 0 Å². The molecule has 0 bridgehead atoms. The quantitative estimate of drug-likeness (QED) is 0.867. The van der Waals surface area contributed by atoms with Crippen molar-refractivity contribution in [2.45, 2.75) is 4.90 Å². The Morgan fingerprint density at radius 2 is 2.00 bits per heavy atom. The Balaban J connectivity index is 2.30. The molecule has 1 N–H and O–H groups in total. The van der Waals surface area contributed by atoms with Crippen molar-refractivity contribution >= 4 is 10.0 Å². The van der Waals surface area contributed by atoms with E-state index in [0.29, 0.717) is 6.07 Å². The summed E-state index contributed by atoms with van der Waals surface area (Å²) >= 11 is 0. The summed E-state index contributed by atoms with van der Waals surface area (Å²) in [7, 11) is -3.99. The molecule has 1 aromatic rings. The maximum absolute atomic E-state index is 13.3. The zero-order valence-corrected chi connectivity index (χ0v) is 9.62. The normalized spacial score (nSPS) is 18.1. The van der Waals surface area contributed by atoms with Crippen LogP contribution in [0.25, 0.3) is 0 Å². The summed E-state index contributed by atoms with van der Waals surface area (Å²) in [5, 5.41) is 8.78. The highest BCUT2D eigenvalue weighted by Crippen LogP contribution is 2.26. The lowest BCUT2D eigenvalue weighted by atomic mass is 10.1. The summed E-state index contributed by atoms with van der Waals surface area (Å²) in [5.74, 6) is -1.90. The van der Waals surface area contributed by atoms with Crippen molar-refractivity contribution < 1.29 is 22.3 Å². The van der Waals surface area contributed by atoms with Gasteiger partial charge in [-0.25, -0.2) is 17.2 Å². The van der Waals surface area contributed by atoms with E-state index in [0.717, 1.165) is 16.4 Å². The average molecular weight is 263 g/mol. The van der Waals surface area contributed by atoms with Crippen molar-refractivity contribution in [1.82, 2.24) is 4.31 Å². The van der Waals surface area contributed by atoms with Crippen LogP contribution in [-0.2, 0) is 10.0 Å². The molecule has 1 fully saturated rings. The van der Waals surface area contributed by atoms with Crippen LogP contribution in [0.2, 0.25) is 0 Å². The molecule has 7 heteroatoms. The summed E-state index contributed by atoms with van der Waals surface area (Å²) < 4.78 is 51.1. The van der Waals surface area contributed by atoms with Gasteiger partial charge in [0.05, 0.1) is 0 Å². The molecular weight excluding hydrogens is 252 g/mol. The molecule has 0 saturated carbocycles. The molecular formula is C10H11F2NO3S. The van der Waals surface area contributed by atoms with E-state index in [-0.39, 0.29) is 25.6 Å². The average Bonchev–Trinajstić information content (AvgIpc) is 2.19. The van der Waals surface area contributed by atoms with Gasteiger partial charge < -0.3 is 5.11 Å². The first-order chi connectivity index (χ1) is 7.95. The highest BCUT2D eigenvalue weighted by molar-refractivity contribution is 7.89. The molecule has 1 saturated heterocycles. The van der Waals surface area contributed by atoms with E-state index < -0.39 is 26.6 Å². The molecule has 0 atom stereocenters. The Hall–Kier alpha value is -1.05. The lowest BCUT2D eigenvalue weighted by molar-refractivity contribution is 0.117. The second-order valence-corrected chi connectivity index (χ2v) is 5.85. The fraction of sp³-hybridized carbons (Fsp3) is 0.400. The molecule has 1 aliphatic heterocycles. The van der Waals surface area contributed by atoms with Crippen molar-refractivity contribution in [2.75, 3.05) is 19.7 Å². The zero-order chi connectivity index (χ0) is 12.6. The van der Waals surface area contributed by atoms with Gasteiger partial charge in [-0.05, 0) is 18.2 Å². The van der Waals surface area contributed by atoms with Gasteiger partial charge in [-0.2, -0.15) is 4.31 Å². The second-order valence-electron chi connectivity index (χ2n) is 3.95. The van der Waals surface area contributed by atoms with E-state index in [2.05, 4.69) is 0 Å². The van der Waals surface area contributed by atoms with Gasteiger partial charge in [0.25, 0.3) is 0 Å². The van der Waals surface area contributed by atoms with Gasteiger partial charge in [0.15, 0.2) is 0 Å². The minimum atomic E-state index is -3.99. The molecule has 0 amide bonds. The Morgan fingerprint density at radius 3 is 2.59 bits per heavy atom. The Labute approximate surface area is 97.5 Å². The van der Waals surface area contributed by atoms with Gasteiger partial charge in [-0.1, -0.05) is 0 Å². The second kappa shape index (κ2) is 4.32. The van der Waals surface area contributed by atoms with E-state index in [1.165, 1.54) is 0 Å². The maximum atomic E-state index is 13.3.